The molecule has 0 spiro atoms. The van der Waals surface area contributed by atoms with Gasteiger partial charge in [-0.2, -0.15) is 0 Å². The summed E-state index contributed by atoms with van der Waals surface area (Å²) in [4.78, 5) is 27.0. The molecular weight excluding hydrogens is 345 g/mol. The number of aliphatic hydroxyl groups excluding tert-OH is 1. The molecule has 0 aliphatic carbocycles. The molecule has 1 atom stereocenters. The number of hydrogen-bond acceptors (Lipinski definition) is 3. The first-order chi connectivity index (χ1) is 12.9. The molecule has 1 unspecified atom stereocenters. The van der Waals surface area contributed by atoms with Gasteiger partial charge in [0, 0.05) is 13.0 Å². The van der Waals surface area contributed by atoms with Crippen LogP contribution >= 0.6 is 0 Å². The fourth-order valence-corrected chi connectivity index (χ4v) is 3.35. The van der Waals surface area contributed by atoms with Gasteiger partial charge in [-0.1, -0.05) is 56.3 Å². The van der Waals surface area contributed by atoms with Crippen LogP contribution in [0.25, 0.3) is 0 Å². The predicted molar refractivity (Wildman–Crippen MR) is 100 cm³/mol. The van der Waals surface area contributed by atoms with Crippen molar-refractivity contribution in [2.75, 3.05) is 0 Å². The number of carbonyl (C=O) groups is 2. The van der Waals surface area contributed by atoms with Crippen molar-refractivity contribution in [3.8, 4) is 0 Å². The number of ketones is 1. The molecule has 1 aliphatic heterocycles. The maximum absolute atomic E-state index is 13.2. The zero-order chi connectivity index (χ0) is 19.6. The van der Waals surface area contributed by atoms with Gasteiger partial charge in [-0.3, -0.25) is 9.59 Å². The number of rotatable bonds is 6. The van der Waals surface area contributed by atoms with Crippen LogP contribution in [0.5, 0.6) is 0 Å². The van der Waals surface area contributed by atoms with Crippen molar-refractivity contribution in [1.82, 2.24) is 4.90 Å². The number of amides is 1. The summed E-state index contributed by atoms with van der Waals surface area (Å²) >= 11 is 0. The second-order valence-electron chi connectivity index (χ2n) is 7.16. The van der Waals surface area contributed by atoms with E-state index in [1.54, 1.807) is 12.1 Å². The van der Waals surface area contributed by atoms with E-state index in [1.165, 1.54) is 17.0 Å². The van der Waals surface area contributed by atoms with Crippen molar-refractivity contribution >= 4 is 11.7 Å². The van der Waals surface area contributed by atoms with E-state index in [1.807, 2.05) is 44.2 Å². The first kappa shape index (κ1) is 18.8. The third kappa shape index (κ3) is 3.92. The standard InChI is InChI=1S/C22H22FNO3/c1-14(2)12-18(25)19-20(16-6-4-3-5-7-16)24(22(27)21(19)26)13-15-8-10-17(23)11-9-15/h3-11,14,20,26H,12-13H2,1-2H3. The van der Waals surface area contributed by atoms with Gasteiger partial charge in [0.25, 0.3) is 5.91 Å². The number of hydrogen-bond donors (Lipinski definition) is 1. The Hall–Kier alpha value is -2.95. The number of aliphatic hydroxyl groups is 1. The van der Waals surface area contributed by atoms with Crippen LogP contribution in [0.2, 0.25) is 0 Å². The van der Waals surface area contributed by atoms with Gasteiger partial charge in [0.2, 0.25) is 0 Å². The van der Waals surface area contributed by atoms with E-state index < -0.39 is 17.7 Å². The highest BCUT2D eigenvalue weighted by molar-refractivity contribution is 6.09. The minimum atomic E-state index is -0.657. The Bertz CT molecular complexity index is 872. The van der Waals surface area contributed by atoms with Gasteiger partial charge in [0.15, 0.2) is 11.5 Å². The molecule has 0 saturated heterocycles. The summed E-state index contributed by atoms with van der Waals surface area (Å²) in [6, 6.07) is 14.3. The van der Waals surface area contributed by atoms with E-state index in [0.717, 1.165) is 11.1 Å². The summed E-state index contributed by atoms with van der Waals surface area (Å²) in [7, 11) is 0. The molecule has 1 heterocycles. The lowest BCUT2D eigenvalue weighted by Crippen LogP contribution is -2.30. The molecule has 0 aromatic heterocycles. The summed E-state index contributed by atoms with van der Waals surface area (Å²) < 4.78 is 13.2. The molecule has 2 aromatic carbocycles. The van der Waals surface area contributed by atoms with E-state index in [2.05, 4.69) is 0 Å². The molecule has 3 rings (SSSR count). The SMILES string of the molecule is CC(C)CC(=O)C1=C(O)C(=O)N(Cc2ccc(F)cc2)C1c1ccccc1. The summed E-state index contributed by atoms with van der Waals surface area (Å²) in [5, 5.41) is 10.5. The average molecular weight is 367 g/mol. The number of carbonyl (C=O) groups excluding carboxylic acids is 2. The number of benzene rings is 2. The second kappa shape index (κ2) is 7.74. The van der Waals surface area contributed by atoms with Gasteiger partial charge in [0.1, 0.15) is 5.82 Å². The van der Waals surface area contributed by atoms with E-state index in [9.17, 15) is 19.1 Å². The van der Waals surface area contributed by atoms with Gasteiger partial charge >= 0.3 is 0 Å². The third-order valence-corrected chi connectivity index (χ3v) is 4.58. The molecular formula is C22H22FNO3. The first-order valence-electron chi connectivity index (χ1n) is 8.95. The van der Waals surface area contributed by atoms with Crippen molar-refractivity contribution in [3.05, 3.63) is 82.9 Å². The minimum absolute atomic E-state index is 0.107. The highest BCUT2D eigenvalue weighted by Gasteiger charge is 2.43. The number of nitrogens with zero attached hydrogens (tertiary/aromatic N) is 1. The lowest BCUT2D eigenvalue weighted by atomic mass is 9.92. The highest BCUT2D eigenvalue weighted by atomic mass is 19.1. The Labute approximate surface area is 157 Å². The smallest absolute Gasteiger partial charge is 0.290 e. The normalized spacial score (nSPS) is 17.1. The number of halogens is 1. The lowest BCUT2D eigenvalue weighted by Gasteiger charge is -2.27. The molecule has 0 radical (unpaired) electrons. The molecule has 1 N–H and O–H groups in total. The molecule has 0 bridgehead atoms. The van der Waals surface area contributed by atoms with Gasteiger partial charge in [-0.05, 0) is 29.2 Å². The topological polar surface area (TPSA) is 57.6 Å². The lowest BCUT2D eigenvalue weighted by molar-refractivity contribution is -0.130. The number of Topliss-reactive ketones (excluding diaryl/α,β-unsaturated/α-hetero) is 1. The molecule has 4 nitrogen and oxygen atoms in total. The second-order valence-corrected chi connectivity index (χ2v) is 7.16. The van der Waals surface area contributed by atoms with Crippen molar-refractivity contribution in [3.63, 3.8) is 0 Å². The van der Waals surface area contributed by atoms with Crippen LogP contribution in [0.1, 0.15) is 37.4 Å². The largest absolute Gasteiger partial charge is 0.503 e. The van der Waals surface area contributed by atoms with Gasteiger partial charge in [-0.25, -0.2) is 4.39 Å². The third-order valence-electron chi connectivity index (χ3n) is 4.58. The van der Waals surface area contributed by atoms with Crippen LogP contribution < -0.4 is 0 Å². The van der Waals surface area contributed by atoms with Crippen LogP contribution in [0.3, 0.4) is 0 Å². The Morgan fingerprint density at radius 1 is 1.11 bits per heavy atom. The molecule has 0 fully saturated rings. The van der Waals surface area contributed by atoms with Gasteiger partial charge in [-0.15, -0.1) is 0 Å². The van der Waals surface area contributed by atoms with Crippen molar-refractivity contribution < 1.29 is 19.1 Å². The molecule has 5 heteroatoms. The van der Waals surface area contributed by atoms with Crippen molar-refractivity contribution in [1.29, 1.82) is 0 Å². The van der Waals surface area contributed by atoms with E-state index in [-0.39, 0.29) is 36.1 Å². The maximum atomic E-state index is 13.2. The molecule has 1 amide bonds. The van der Waals surface area contributed by atoms with Crippen molar-refractivity contribution in [2.45, 2.75) is 32.9 Å². The van der Waals surface area contributed by atoms with Crippen LogP contribution in [0, 0.1) is 11.7 Å². The summed E-state index contributed by atoms with van der Waals surface area (Å²) in [5.74, 6) is -1.56. The highest BCUT2D eigenvalue weighted by Crippen LogP contribution is 2.39. The monoisotopic (exact) mass is 367 g/mol. The fourth-order valence-electron chi connectivity index (χ4n) is 3.35. The van der Waals surface area contributed by atoms with Gasteiger partial charge < -0.3 is 10.0 Å². The van der Waals surface area contributed by atoms with Crippen molar-refractivity contribution in [2.24, 2.45) is 5.92 Å². The van der Waals surface area contributed by atoms with Crippen LogP contribution in [0.15, 0.2) is 65.9 Å². The predicted octanol–water partition coefficient (Wildman–Crippen LogP) is 4.34. The molecule has 2 aromatic rings. The average Bonchev–Trinajstić information content (AvgIpc) is 2.88. The summed E-state index contributed by atoms with van der Waals surface area (Å²) in [6.07, 6.45) is 0.250. The molecule has 140 valence electrons. The zero-order valence-corrected chi connectivity index (χ0v) is 15.4. The van der Waals surface area contributed by atoms with Crippen LogP contribution in [-0.4, -0.2) is 21.7 Å². The van der Waals surface area contributed by atoms with E-state index in [4.69, 9.17) is 0 Å². The van der Waals surface area contributed by atoms with Gasteiger partial charge in [0.05, 0.1) is 11.6 Å². The zero-order valence-electron chi connectivity index (χ0n) is 15.4. The first-order valence-corrected chi connectivity index (χ1v) is 8.95. The van der Waals surface area contributed by atoms with E-state index in [0.29, 0.717) is 0 Å². The summed E-state index contributed by atoms with van der Waals surface area (Å²) in [6.45, 7) is 4.00. The maximum Gasteiger partial charge on any atom is 0.290 e. The summed E-state index contributed by atoms with van der Waals surface area (Å²) in [5.41, 5.74) is 1.61. The molecule has 0 saturated carbocycles. The van der Waals surface area contributed by atoms with Crippen LogP contribution in [-0.2, 0) is 16.1 Å². The molecule has 27 heavy (non-hydrogen) atoms. The fraction of sp³-hybridized carbons (Fsp3) is 0.273. The van der Waals surface area contributed by atoms with E-state index >= 15 is 0 Å². The molecule has 1 aliphatic rings. The quantitative estimate of drug-likeness (QED) is 0.826. The Kier molecular flexibility index (Phi) is 5.40. The Balaban J connectivity index is 2.01. The Morgan fingerprint density at radius 2 is 1.74 bits per heavy atom. The minimum Gasteiger partial charge on any atom is -0.503 e. The van der Waals surface area contributed by atoms with Crippen LogP contribution in [0.4, 0.5) is 4.39 Å². The Morgan fingerprint density at radius 3 is 2.33 bits per heavy atom.